The summed E-state index contributed by atoms with van der Waals surface area (Å²) in [4.78, 5) is 19.6. The molecule has 0 aromatic carbocycles. The third-order valence-corrected chi connectivity index (χ3v) is 2.18. The Kier molecular flexibility index (Phi) is 25.7. The Morgan fingerprint density at radius 3 is 1.50 bits per heavy atom. The quantitative estimate of drug-likeness (QED) is 0.625. The Hall–Kier alpha value is -0.660. The van der Waals surface area contributed by atoms with Crippen LogP contribution in [0.3, 0.4) is 0 Å². The lowest BCUT2D eigenvalue weighted by Gasteiger charge is -2.17. The molecule has 2 nitrogen and oxygen atoms in total. The molecule has 0 unspecified atom stereocenters. The Morgan fingerprint density at radius 2 is 1.31 bits per heavy atom. The second-order valence-corrected chi connectivity index (χ2v) is 3.18. The predicted molar refractivity (Wildman–Crippen MR) is 71.7 cm³/mol. The molecule has 0 N–H and O–H groups in total. The summed E-state index contributed by atoms with van der Waals surface area (Å²) in [5.74, 6) is 0.813. The predicted octanol–water partition coefficient (Wildman–Crippen LogP) is 4.41. The maximum atomic E-state index is 10.8. The van der Waals surface area contributed by atoms with Crippen LogP contribution in [0.5, 0.6) is 0 Å². The smallest absolute Gasteiger partial charge is 0.132 e. The highest BCUT2D eigenvalue weighted by Gasteiger charge is 2.16. The van der Waals surface area contributed by atoms with E-state index in [1.54, 1.807) is 6.92 Å². The summed E-state index contributed by atoms with van der Waals surface area (Å²) in [5, 5.41) is 0. The van der Waals surface area contributed by atoms with Gasteiger partial charge < -0.3 is 4.79 Å². The van der Waals surface area contributed by atoms with Crippen LogP contribution in [0, 0.1) is 5.92 Å². The van der Waals surface area contributed by atoms with Crippen LogP contribution in [0.1, 0.15) is 73.6 Å². The van der Waals surface area contributed by atoms with Gasteiger partial charge in [0.2, 0.25) is 0 Å². The Balaban J connectivity index is -0.000000206. The van der Waals surface area contributed by atoms with Crippen LogP contribution in [0.4, 0.5) is 0 Å². The van der Waals surface area contributed by atoms with Crippen LogP contribution in [-0.2, 0) is 9.59 Å². The molecule has 1 aliphatic rings. The van der Waals surface area contributed by atoms with E-state index in [1.807, 2.05) is 27.7 Å². The lowest BCUT2D eigenvalue weighted by molar-refractivity contribution is -0.121. The van der Waals surface area contributed by atoms with Crippen LogP contribution in [0.2, 0.25) is 0 Å². The van der Waals surface area contributed by atoms with Crippen molar-refractivity contribution >= 4 is 12.1 Å². The number of aldehydes is 1. The summed E-state index contributed by atoms with van der Waals surface area (Å²) in [5.41, 5.74) is 0. The molecule has 98 valence electrons. The van der Waals surface area contributed by atoms with Crippen LogP contribution < -0.4 is 0 Å². The fourth-order valence-corrected chi connectivity index (χ4v) is 1.51. The first-order valence-corrected chi connectivity index (χ1v) is 6.62. The monoisotopic (exact) mass is 230 g/mol. The first-order chi connectivity index (χ1) is 7.72. The van der Waals surface area contributed by atoms with E-state index < -0.39 is 0 Å². The van der Waals surface area contributed by atoms with Crippen LogP contribution in [-0.4, -0.2) is 12.1 Å². The normalized spacial score (nSPS) is 13.9. The SMILES string of the molecule is CC.CC.CC(=O)C1CCCCC1.CC=O. The minimum absolute atomic E-state index is 0.398. The van der Waals surface area contributed by atoms with Crippen LogP contribution in [0.15, 0.2) is 0 Å². The number of hydrogen-bond donors (Lipinski definition) is 0. The molecule has 1 aliphatic carbocycles. The molecule has 0 bridgehead atoms. The van der Waals surface area contributed by atoms with E-state index in [9.17, 15) is 4.79 Å². The number of ketones is 1. The molecule has 1 fully saturated rings. The van der Waals surface area contributed by atoms with Gasteiger partial charge in [-0.2, -0.15) is 0 Å². The van der Waals surface area contributed by atoms with E-state index >= 15 is 0 Å². The van der Waals surface area contributed by atoms with Gasteiger partial charge in [-0.25, -0.2) is 0 Å². The standard InChI is InChI=1S/C8H14O.C2H4O.2C2H6/c1-7(9)8-5-3-2-4-6-8;1-2-3;2*1-2/h8H,2-6H2,1H3;2H,1H3;2*1-2H3. The molecule has 0 heterocycles. The third kappa shape index (κ3) is 15.8. The zero-order chi connectivity index (χ0) is 13.4. The van der Waals surface area contributed by atoms with Crippen LogP contribution in [0.25, 0.3) is 0 Å². The zero-order valence-corrected chi connectivity index (χ0v) is 12.0. The molecule has 0 radical (unpaired) electrons. The van der Waals surface area contributed by atoms with Crippen molar-refractivity contribution in [3.63, 3.8) is 0 Å². The van der Waals surface area contributed by atoms with Crippen molar-refractivity contribution < 1.29 is 9.59 Å². The van der Waals surface area contributed by atoms with Gasteiger partial charge in [0.05, 0.1) is 0 Å². The highest BCUT2D eigenvalue weighted by Crippen LogP contribution is 2.23. The van der Waals surface area contributed by atoms with Gasteiger partial charge in [0.1, 0.15) is 12.1 Å². The molecule has 2 heteroatoms. The Morgan fingerprint density at radius 1 is 1.00 bits per heavy atom. The Labute approximate surface area is 102 Å². The summed E-state index contributed by atoms with van der Waals surface area (Å²) in [6, 6.07) is 0. The van der Waals surface area contributed by atoms with E-state index in [1.165, 1.54) is 26.2 Å². The van der Waals surface area contributed by atoms with Gasteiger partial charge in [0.15, 0.2) is 0 Å². The lowest BCUT2D eigenvalue weighted by atomic mass is 9.87. The van der Waals surface area contributed by atoms with Crippen molar-refractivity contribution in [2.24, 2.45) is 5.92 Å². The number of hydrogen-bond acceptors (Lipinski definition) is 2. The van der Waals surface area contributed by atoms with Crippen molar-refractivity contribution in [3.8, 4) is 0 Å². The molecule has 0 atom stereocenters. The zero-order valence-electron chi connectivity index (χ0n) is 12.0. The fourth-order valence-electron chi connectivity index (χ4n) is 1.51. The topological polar surface area (TPSA) is 34.1 Å². The molecule has 1 rings (SSSR count). The molecular formula is C14H30O2. The van der Waals surface area contributed by atoms with Gasteiger partial charge in [-0.1, -0.05) is 47.0 Å². The average molecular weight is 230 g/mol. The second-order valence-electron chi connectivity index (χ2n) is 3.18. The highest BCUT2D eigenvalue weighted by molar-refractivity contribution is 5.78. The van der Waals surface area contributed by atoms with Gasteiger partial charge in [-0.05, 0) is 26.7 Å². The number of rotatable bonds is 1. The molecule has 0 amide bonds. The summed E-state index contributed by atoms with van der Waals surface area (Å²) in [7, 11) is 0. The van der Waals surface area contributed by atoms with Gasteiger partial charge in [0.25, 0.3) is 0 Å². The molecule has 16 heavy (non-hydrogen) atoms. The number of Topliss-reactive ketones (excluding diaryl/α,β-unsaturated/α-hetero) is 1. The third-order valence-electron chi connectivity index (χ3n) is 2.18. The first kappa shape index (κ1) is 20.7. The van der Waals surface area contributed by atoms with Gasteiger partial charge in [-0.15, -0.1) is 0 Å². The molecule has 0 aromatic rings. The largest absolute Gasteiger partial charge is 0.304 e. The molecule has 0 spiro atoms. The minimum Gasteiger partial charge on any atom is -0.304 e. The summed E-state index contributed by atoms with van der Waals surface area (Å²) >= 11 is 0. The summed E-state index contributed by atoms with van der Waals surface area (Å²) < 4.78 is 0. The number of carbonyl (C=O) groups excluding carboxylic acids is 2. The van der Waals surface area contributed by atoms with Crippen molar-refractivity contribution in [3.05, 3.63) is 0 Å². The van der Waals surface area contributed by atoms with E-state index in [0.717, 1.165) is 19.1 Å². The van der Waals surface area contributed by atoms with E-state index in [0.29, 0.717) is 11.7 Å². The maximum Gasteiger partial charge on any atom is 0.132 e. The average Bonchev–Trinajstić information content (AvgIpc) is 2.36. The van der Waals surface area contributed by atoms with Gasteiger partial charge in [0, 0.05) is 5.92 Å². The van der Waals surface area contributed by atoms with Crippen molar-refractivity contribution in [1.29, 1.82) is 0 Å². The molecular weight excluding hydrogens is 200 g/mol. The lowest BCUT2D eigenvalue weighted by Crippen LogP contribution is -2.13. The first-order valence-electron chi connectivity index (χ1n) is 6.62. The van der Waals surface area contributed by atoms with Gasteiger partial charge in [-0.3, -0.25) is 4.79 Å². The molecule has 1 saturated carbocycles. The van der Waals surface area contributed by atoms with Gasteiger partial charge >= 0.3 is 0 Å². The van der Waals surface area contributed by atoms with Crippen molar-refractivity contribution in [2.45, 2.75) is 73.6 Å². The maximum absolute atomic E-state index is 10.8. The fraction of sp³-hybridized carbons (Fsp3) is 0.857. The minimum atomic E-state index is 0.398. The van der Waals surface area contributed by atoms with Crippen LogP contribution >= 0.6 is 0 Å². The van der Waals surface area contributed by atoms with Crippen molar-refractivity contribution in [1.82, 2.24) is 0 Å². The highest BCUT2D eigenvalue weighted by atomic mass is 16.1. The van der Waals surface area contributed by atoms with Crippen molar-refractivity contribution in [2.75, 3.05) is 0 Å². The second kappa shape index (κ2) is 19.8. The number of carbonyl (C=O) groups is 2. The van der Waals surface area contributed by atoms with E-state index in [-0.39, 0.29) is 0 Å². The molecule has 0 aliphatic heterocycles. The Bertz CT molecular complexity index is 136. The summed E-state index contributed by atoms with van der Waals surface area (Å²) in [6.45, 7) is 11.2. The molecule has 0 saturated heterocycles. The van der Waals surface area contributed by atoms with E-state index in [4.69, 9.17) is 4.79 Å². The molecule has 0 aromatic heterocycles. The summed E-state index contributed by atoms with van der Waals surface area (Å²) in [6.07, 6.45) is 6.92. The van der Waals surface area contributed by atoms with E-state index in [2.05, 4.69) is 0 Å².